The van der Waals surface area contributed by atoms with Gasteiger partial charge in [0.25, 0.3) is 0 Å². The third-order valence-corrected chi connectivity index (χ3v) is 3.11. The fraction of sp³-hybridized carbons (Fsp3) is 0. The van der Waals surface area contributed by atoms with Gasteiger partial charge in [0, 0.05) is 12.4 Å². The largest absolute Gasteiger partial charge is 0.302 e. The monoisotopic (exact) mass is 284 g/mol. The number of imidazole rings is 2. The zero-order valence-electron chi connectivity index (χ0n) is 10.9. The fourth-order valence-corrected chi connectivity index (χ4v) is 2.11. The van der Waals surface area contributed by atoms with Gasteiger partial charge in [-0.3, -0.25) is 0 Å². The molecule has 8 heteroatoms. The molecule has 0 fully saturated rings. The molecule has 3 heterocycles. The summed E-state index contributed by atoms with van der Waals surface area (Å²) < 4.78 is 3.22. The van der Waals surface area contributed by atoms with E-state index in [0.717, 1.165) is 0 Å². The highest BCUT2D eigenvalue weighted by molar-refractivity contribution is 5.77. The summed E-state index contributed by atoms with van der Waals surface area (Å²) in [6.45, 7) is 0. The van der Waals surface area contributed by atoms with Crippen LogP contribution in [0.15, 0.2) is 25.0 Å². The lowest BCUT2D eigenvalue weighted by Crippen LogP contribution is -2.10. The number of hydrogen-bond acceptors (Lipinski definition) is 6. The molecule has 0 amide bonds. The van der Waals surface area contributed by atoms with E-state index in [4.69, 9.17) is 21.0 Å². The number of fused-ring (bicyclic) bond motifs is 2. The van der Waals surface area contributed by atoms with Crippen molar-refractivity contribution in [3.63, 3.8) is 0 Å². The van der Waals surface area contributed by atoms with E-state index in [-0.39, 0.29) is 21.8 Å². The zero-order valence-corrected chi connectivity index (χ0v) is 10.9. The lowest BCUT2D eigenvalue weighted by molar-refractivity contribution is 1.09. The average molecular weight is 284 g/mol. The van der Waals surface area contributed by atoms with Gasteiger partial charge in [-0.15, -0.1) is 0 Å². The molecule has 0 spiro atoms. The van der Waals surface area contributed by atoms with Gasteiger partial charge in [-0.25, -0.2) is 9.97 Å². The fourth-order valence-electron chi connectivity index (χ4n) is 2.11. The highest BCUT2D eigenvalue weighted by Gasteiger charge is 2.08. The van der Waals surface area contributed by atoms with Gasteiger partial charge in [-0.1, -0.05) is 0 Å². The third kappa shape index (κ3) is 1.67. The maximum atomic E-state index is 8.96. The molecular weight excluding hydrogens is 280 g/mol. The van der Waals surface area contributed by atoms with Gasteiger partial charge in [-0.05, 0) is 0 Å². The van der Waals surface area contributed by atoms with Crippen LogP contribution in [0, 0.1) is 45.3 Å². The van der Waals surface area contributed by atoms with Crippen molar-refractivity contribution in [1.82, 2.24) is 18.8 Å². The van der Waals surface area contributed by atoms with Gasteiger partial charge >= 0.3 is 0 Å². The van der Waals surface area contributed by atoms with Crippen LogP contribution < -0.4 is 10.7 Å². The van der Waals surface area contributed by atoms with Crippen LogP contribution in [-0.2, 0) is 0 Å². The Kier molecular flexibility index (Phi) is 2.78. The van der Waals surface area contributed by atoms with Crippen molar-refractivity contribution in [3.8, 4) is 24.3 Å². The first-order valence-electron chi connectivity index (χ1n) is 5.92. The normalized spacial score (nSPS) is 9.64. The van der Waals surface area contributed by atoms with Crippen LogP contribution in [0.5, 0.6) is 0 Å². The van der Waals surface area contributed by atoms with Crippen molar-refractivity contribution in [2.24, 2.45) is 0 Å². The molecule has 0 aromatic carbocycles. The van der Waals surface area contributed by atoms with E-state index in [9.17, 15) is 0 Å². The van der Waals surface area contributed by atoms with Gasteiger partial charge in [0.1, 0.15) is 47.6 Å². The molecule has 0 saturated heterocycles. The summed E-state index contributed by atoms with van der Waals surface area (Å²) in [5.41, 5.74) is 0.905. The van der Waals surface area contributed by atoms with Crippen molar-refractivity contribution in [1.29, 1.82) is 21.0 Å². The van der Waals surface area contributed by atoms with Crippen LogP contribution >= 0.6 is 0 Å². The van der Waals surface area contributed by atoms with E-state index in [1.165, 1.54) is 12.7 Å². The number of hydrogen-bond donors (Lipinski definition) is 0. The topological polar surface area (TPSA) is 130 Å². The molecule has 0 bridgehead atoms. The molecule has 0 radical (unpaired) electrons. The van der Waals surface area contributed by atoms with Crippen molar-refractivity contribution in [3.05, 3.63) is 35.7 Å². The molecule has 22 heavy (non-hydrogen) atoms. The van der Waals surface area contributed by atoms with Gasteiger partial charge < -0.3 is 8.80 Å². The highest BCUT2D eigenvalue weighted by Crippen LogP contribution is 2.04. The molecule has 0 aliphatic carbocycles. The summed E-state index contributed by atoms with van der Waals surface area (Å²) in [4.78, 5) is 8.13. The van der Waals surface area contributed by atoms with E-state index < -0.39 is 0 Å². The molecule has 0 saturated carbocycles. The molecule has 0 N–H and O–H groups in total. The highest BCUT2D eigenvalue weighted by atomic mass is 15.1. The van der Waals surface area contributed by atoms with Crippen molar-refractivity contribution in [2.45, 2.75) is 0 Å². The molecule has 0 aliphatic rings. The van der Waals surface area contributed by atoms with Crippen LogP contribution in [0.2, 0.25) is 0 Å². The Morgan fingerprint density at radius 2 is 1.09 bits per heavy atom. The summed E-state index contributed by atoms with van der Waals surface area (Å²) in [6.07, 6.45) is 6.17. The van der Waals surface area contributed by atoms with Crippen LogP contribution in [0.4, 0.5) is 0 Å². The van der Waals surface area contributed by atoms with E-state index >= 15 is 0 Å². The van der Waals surface area contributed by atoms with E-state index in [2.05, 4.69) is 9.97 Å². The van der Waals surface area contributed by atoms with Crippen LogP contribution in [0.25, 0.3) is 22.2 Å². The Bertz CT molecular complexity index is 1080. The lowest BCUT2D eigenvalue weighted by Gasteiger charge is -1.96. The number of nitrogens with zero attached hydrogens (tertiary/aromatic N) is 8. The molecule has 3 aromatic heterocycles. The van der Waals surface area contributed by atoms with Crippen LogP contribution in [0.3, 0.4) is 0 Å². The summed E-state index contributed by atoms with van der Waals surface area (Å²) in [6, 6.07) is 7.20. The summed E-state index contributed by atoms with van der Waals surface area (Å²) >= 11 is 0. The van der Waals surface area contributed by atoms with E-state index in [1.54, 1.807) is 45.5 Å². The first kappa shape index (κ1) is 12.9. The molecule has 3 rings (SSSR count). The smallest absolute Gasteiger partial charge is 0.157 e. The predicted octanol–water partition coefficient (Wildman–Crippen LogP) is -0.622. The second-order valence-electron chi connectivity index (χ2n) is 4.23. The molecule has 100 valence electrons. The molecular formula is C14H4N8. The number of nitriles is 4. The standard InChI is InChI=1S/C14H4N8/c15-1-9(2-16)13-11-5-22-8-20-14(10(3-17)4-18)12(22)6-21(11)7-19-13/h5-8H. The van der Waals surface area contributed by atoms with Crippen molar-refractivity contribution < 1.29 is 0 Å². The molecule has 0 atom stereocenters. The Labute approximate surface area is 122 Å². The SMILES string of the molecule is N#CC(C#N)=c1ncn2cc3c(=C(C#N)C#N)ncn3cc12. The molecule has 0 aliphatic heterocycles. The first-order valence-corrected chi connectivity index (χ1v) is 5.92. The maximum Gasteiger partial charge on any atom is 0.157 e. The van der Waals surface area contributed by atoms with E-state index in [0.29, 0.717) is 11.0 Å². The second kappa shape index (κ2) is 4.76. The third-order valence-electron chi connectivity index (χ3n) is 3.11. The van der Waals surface area contributed by atoms with Gasteiger partial charge in [0.2, 0.25) is 0 Å². The number of aromatic nitrogens is 4. The van der Waals surface area contributed by atoms with Gasteiger partial charge in [0.15, 0.2) is 11.1 Å². The first-order chi connectivity index (χ1) is 10.7. The van der Waals surface area contributed by atoms with Gasteiger partial charge in [0.05, 0.1) is 11.0 Å². The van der Waals surface area contributed by atoms with Gasteiger partial charge in [-0.2, -0.15) is 21.0 Å². The lowest BCUT2D eigenvalue weighted by atomic mass is 10.3. The minimum atomic E-state index is -0.0940. The number of rotatable bonds is 0. The Balaban J connectivity index is 2.53. The minimum Gasteiger partial charge on any atom is -0.302 e. The van der Waals surface area contributed by atoms with Crippen molar-refractivity contribution in [2.75, 3.05) is 0 Å². The summed E-state index contributed by atoms with van der Waals surface area (Å²) in [5.74, 6) is 0. The summed E-state index contributed by atoms with van der Waals surface area (Å²) in [7, 11) is 0. The quantitative estimate of drug-likeness (QED) is 0.540. The molecule has 3 aromatic rings. The van der Waals surface area contributed by atoms with E-state index in [1.807, 2.05) is 0 Å². The van der Waals surface area contributed by atoms with Crippen molar-refractivity contribution >= 4 is 22.2 Å². The molecule has 8 nitrogen and oxygen atoms in total. The average Bonchev–Trinajstić information content (AvgIpc) is 3.13. The predicted molar refractivity (Wildman–Crippen MR) is 72.5 cm³/mol. The summed E-state index contributed by atoms with van der Waals surface area (Å²) in [5, 5.41) is 36.4. The molecule has 0 unspecified atom stereocenters. The zero-order chi connectivity index (χ0) is 15.7. The Morgan fingerprint density at radius 1 is 0.727 bits per heavy atom. The minimum absolute atomic E-state index is 0.0940. The van der Waals surface area contributed by atoms with Crippen LogP contribution in [-0.4, -0.2) is 18.8 Å². The maximum absolute atomic E-state index is 8.96. The second-order valence-corrected chi connectivity index (χ2v) is 4.23. The Hall–Kier alpha value is -4.14. The van der Waals surface area contributed by atoms with Crippen LogP contribution in [0.1, 0.15) is 0 Å². The Morgan fingerprint density at radius 3 is 1.41 bits per heavy atom.